The first-order valence-corrected chi connectivity index (χ1v) is 7.02. The third-order valence-corrected chi connectivity index (χ3v) is 3.80. The molecule has 1 atom stereocenters. The Hall–Kier alpha value is -2.33. The van der Waals surface area contributed by atoms with Crippen molar-refractivity contribution >= 4 is 23.4 Å². The van der Waals surface area contributed by atoms with Crippen LogP contribution in [0.25, 0.3) is 0 Å². The van der Waals surface area contributed by atoms with E-state index >= 15 is 0 Å². The van der Waals surface area contributed by atoms with Crippen LogP contribution in [0.1, 0.15) is 17.9 Å². The second kappa shape index (κ2) is 5.75. The minimum absolute atomic E-state index is 0.0395. The number of benzene rings is 1. The van der Waals surface area contributed by atoms with Crippen LogP contribution in [-0.2, 0) is 4.79 Å². The number of nitriles is 1. The molecule has 0 fully saturated rings. The summed E-state index contributed by atoms with van der Waals surface area (Å²) < 4.78 is 0. The lowest BCUT2D eigenvalue weighted by Gasteiger charge is -2.24. The highest BCUT2D eigenvalue weighted by Gasteiger charge is 2.32. The van der Waals surface area contributed by atoms with Gasteiger partial charge in [-0.15, -0.1) is 11.8 Å². The van der Waals surface area contributed by atoms with Gasteiger partial charge in [0.25, 0.3) is 5.69 Å². The van der Waals surface area contributed by atoms with Gasteiger partial charge in [-0.2, -0.15) is 5.26 Å². The molecule has 0 aromatic heterocycles. The van der Waals surface area contributed by atoms with Gasteiger partial charge in [-0.25, -0.2) is 0 Å². The normalized spacial score (nSPS) is 18.4. The fourth-order valence-electron chi connectivity index (χ4n) is 2.19. The average molecular weight is 289 g/mol. The molecule has 1 aromatic carbocycles. The molecule has 0 spiro atoms. The van der Waals surface area contributed by atoms with Crippen LogP contribution in [-0.4, -0.2) is 17.1 Å². The van der Waals surface area contributed by atoms with E-state index in [1.54, 1.807) is 24.5 Å². The molecule has 0 saturated carbocycles. The van der Waals surface area contributed by atoms with E-state index in [0.717, 1.165) is 0 Å². The van der Waals surface area contributed by atoms with E-state index in [4.69, 9.17) is 0 Å². The van der Waals surface area contributed by atoms with Crippen LogP contribution in [0.15, 0.2) is 34.9 Å². The Balaban J connectivity index is 2.59. The lowest BCUT2D eigenvalue weighted by molar-refractivity contribution is -0.385. The molecule has 20 heavy (non-hydrogen) atoms. The number of allylic oxidation sites excluding steroid dienone is 1. The zero-order valence-electron chi connectivity index (χ0n) is 10.6. The van der Waals surface area contributed by atoms with Gasteiger partial charge in [0.15, 0.2) is 0 Å². The molecule has 1 N–H and O–H groups in total. The maximum atomic E-state index is 11.7. The molecule has 1 heterocycles. The summed E-state index contributed by atoms with van der Waals surface area (Å²) in [5.41, 5.74) is 0.697. The fourth-order valence-corrected chi connectivity index (χ4v) is 2.82. The van der Waals surface area contributed by atoms with Gasteiger partial charge in [-0.1, -0.05) is 18.2 Å². The molecular formula is C13H11N3O3S. The number of carbonyl (C=O) groups excluding carboxylic acids is 1. The Kier molecular flexibility index (Phi) is 4.05. The highest BCUT2D eigenvalue weighted by atomic mass is 32.2. The number of amides is 1. The number of hydrogen-bond donors (Lipinski definition) is 1. The molecule has 0 bridgehead atoms. The second-order valence-corrected chi connectivity index (χ2v) is 5.00. The van der Waals surface area contributed by atoms with Gasteiger partial charge in [0.2, 0.25) is 5.91 Å². The van der Waals surface area contributed by atoms with Gasteiger partial charge < -0.3 is 5.32 Å². The SMILES string of the molecule is CSC1=C(C#N)[C@@H](c2ccccc2[N+](=O)[O-])CC(=O)N1. The first-order valence-electron chi connectivity index (χ1n) is 5.80. The molecular weight excluding hydrogens is 278 g/mol. The predicted octanol–water partition coefficient (Wildman–Crippen LogP) is 2.30. The summed E-state index contributed by atoms with van der Waals surface area (Å²) >= 11 is 1.25. The summed E-state index contributed by atoms with van der Waals surface area (Å²) in [5.74, 6) is -0.811. The first-order chi connectivity index (χ1) is 9.58. The van der Waals surface area contributed by atoms with Gasteiger partial charge in [0.05, 0.1) is 21.6 Å². The zero-order chi connectivity index (χ0) is 14.7. The van der Waals surface area contributed by atoms with E-state index < -0.39 is 10.8 Å². The average Bonchev–Trinajstić information content (AvgIpc) is 2.46. The minimum Gasteiger partial charge on any atom is -0.320 e. The molecule has 2 rings (SSSR count). The number of nitrogens with one attached hydrogen (secondary N) is 1. The van der Waals surface area contributed by atoms with E-state index in [9.17, 15) is 20.2 Å². The van der Waals surface area contributed by atoms with Crippen LogP contribution in [0.4, 0.5) is 5.69 Å². The molecule has 0 aliphatic carbocycles. The maximum absolute atomic E-state index is 11.7. The standard InChI is InChI=1S/C13H11N3O3S/c1-20-13-10(7-14)9(6-12(17)15-13)8-4-2-3-5-11(8)16(18)19/h2-5,9H,6H2,1H3,(H,15,17)/t9-/m1/s1. The molecule has 1 aliphatic heterocycles. The number of nitro groups is 1. The third-order valence-electron chi connectivity index (χ3n) is 3.07. The van der Waals surface area contributed by atoms with Crippen LogP contribution < -0.4 is 5.32 Å². The summed E-state index contributed by atoms with van der Waals surface area (Å²) in [6.45, 7) is 0. The Bertz CT molecular complexity index is 649. The number of carbonyl (C=O) groups is 1. The molecule has 6 nitrogen and oxygen atoms in total. The Morgan fingerprint density at radius 3 is 2.80 bits per heavy atom. The van der Waals surface area contributed by atoms with Gasteiger partial charge in [0, 0.05) is 24.0 Å². The fraction of sp³-hybridized carbons (Fsp3) is 0.231. The van der Waals surface area contributed by atoms with Crippen LogP contribution in [0, 0.1) is 21.4 Å². The molecule has 0 radical (unpaired) electrons. The van der Waals surface area contributed by atoms with Crippen LogP contribution in [0.3, 0.4) is 0 Å². The Morgan fingerprint density at radius 1 is 1.50 bits per heavy atom. The molecule has 1 amide bonds. The zero-order valence-corrected chi connectivity index (χ0v) is 11.4. The summed E-state index contributed by atoms with van der Waals surface area (Å²) in [7, 11) is 0. The monoisotopic (exact) mass is 289 g/mol. The second-order valence-electron chi connectivity index (χ2n) is 4.18. The van der Waals surface area contributed by atoms with Crippen molar-refractivity contribution in [1.82, 2.24) is 5.32 Å². The van der Waals surface area contributed by atoms with Crippen molar-refractivity contribution in [2.24, 2.45) is 0 Å². The van der Waals surface area contributed by atoms with Gasteiger partial charge in [0.1, 0.15) is 0 Å². The van der Waals surface area contributed by atoms with Crippen molar-refractivity contribution in [3.63, 3.8) is 0 Å². The Morgan fingerprint density at radius 2 is 2.20 bits per heavy atom. The minimum atomic E-state index is -0.571. The summed E-state index contributed by atoms with van der Waals surface area (Å²) in [4.78, 5) is 22.3. The van der Waals surface area contributed by atoms with Crippen LogP contribution in [0.2, 0.25) is 0 Å². The van der Waals surface area contributed by atoms with Crippen LogP contribution in [0.5, 0.6) is 0 Å². The van der Waals surface area contributed by atoms with Crippen molar-refractivity contribution in [2.45, 2.75) is 12.3 Å². The number of nitrogens with zero attached hydrogens (tertiary/aromatic N) is 2. The molecule has 7 heteroatoms. The van der Waals surface area contributed by atoms with Crippen LogP contribution >= 0.6 is 11.8 Å². The summed E-state index contributed by atoms with van der Waals surface area (Å²) in [6, 6.07) is 8.27. The van der Waals surface area contributed by atoms with Crippen molar-refractivity contribution in [1.29, 1.82) is 5.26 Å². The number of para-hydroxylation sites is 1. The van der Waals surface area contributed by atoms with Crippen molar-refractivity contribution < 1.29 is 9.72 Å². The summed E-state index contributed by atoms with van der Waals surface area (Å²) in [6.07, 6.45) is 1.78. The van der Waals surface area contributed by atoms with Gasteiger partial charge >= 0.3 is 0 Å². The highest BCUT2D eigenvalue weighted by molar-refractivity contribution is 8.02. The first kappa shape index (κ1) is 14.1. The van der Waals surface area contributed by atoms with Gasteiger partial charge in [-0.05, 0) is 6.26 Å². The third kappa shape index (κ3) is 2.51. The Labute approximate surface area is 119 Å². The number of hydrogen-bond acceptors (Lipinski definition) is 5. The number of nitro benzene ring substituents is 1. The molecule has 102 valence electrons. The van der Waals surface area contributed by atoms with Crippen molar-refractivity contribution in [3.05, 3.63) is 50.5 Å². The van der Waals surface area contributed by atoms with Crippen molar-refractivity contribution in [3.8, 4) is 6.07 Å². The molecule has 0 saturated heterocycles. The van der Waals surface area contributed by atoms with E-state index in [1.165, 1.54) is 17.8 Å². The predicted molar refractivity (Wildman–Crippen MR) is 74.8 cm³/mol. The van der Waals surface area contributed by atoms with Crippen molar-refractivity contribution in [2.75, 3.05) is 6.26 Å². The van der Waals surface area contributed by atoms with Gasteiger partial charge in [-0.3, -0.25) is 14.9 Å². The number of thioether (sulfide) groups is 1. The smallest absolute Gasteiger partial charge is 0.273 e. The van der Waals surface area contributed by atoms with E-state index in [2.05, 4.69) is 11.4 Å². The lowest BCUT2D eigenvalue weighted by atomic mass is 9.86. The topological polar surface area (TPSA) is 96.0 Å². The molecule has 1 aliphatic rings. The summed E-state index contributed by atoms with van der Waals surface area (Å²) in [5, 5.41) is 23.5. The highest BCUT2D eigenvalue weighted by Crippen LogP contribution is 2.38. The lowest BCUT2D eigenvalue weighted by Crippen LogP contribution is -2.30. The van der Waals surface area contributed by atoms with E-state index in [1.807, 2.05) is 0 Å². The molecule has 0 unspecified atom stereocenters. The number of rotatable bonds is 3. The maximum Gasteiger partial charge on any atom is 0.273 e. The van der Waals surface area contributed by atoms with E-state index in [0.29, 0.717) is 16.2 Å². The van der Waals surface area contributed by atoms with E-state index in [-0.39, 0.29) is 18.0 Å². The quantitative estimate of drug-likeness (QED) is 0.680. The molecule has 1 aromatic rings. The largest absolute Gasteiger partial charge is 0.320 e.